The highest BCUT2D eigenvalue weighted by atomic mass is 16.3. The van der Waals surface area contributed by atoms with Gasteiger partial charge in [0.2, 0.25) is 0 Å². The third kappa shape index (κ3) is 3.94. The summed E-state index contributed by atoms with van der Waals surface area (Å²) in [5.41, 5.74) is -0.103. The summed E-state index contributed by atoms with van der Waals surface area (Å²) in [5.74, 6) is 0.925. The van der Waals surface area contributed by atoms with E-state index in [0.717, 1.165) is 12.3 Å². The lowest BCUT2D eigenvalue weighted by Crippen LogP contribution is -2.51. The van der Waals surface area contributed by atoms with Crippen molar-refractivity contribution in [2.75, 3.05) is 20.2 Å². The van der Waals surface area contributed by atoms with Gasteiger partial charge in [0.1, 0.15) is 0 Å². The van der Waals surface area contributed by atoms with Crippen LogP contribution in [0.1, 0.15) is 52.4 Å². The fourth-order valence-corrected chi connectivity index (χ4v) is 2.96. The van der Waals surface area contributed by atoms with Gasteiger partial charge in [0.25, 0.3) is 0 Å². The molecule has 0 heterocycles. The zero-order valence-corrected chi connectivity index (χ0v) is 12.3. The minimum atomic E-state index is -0.103. The molecule has 2 N–H and O–H groups in total. The molecule has 18 heavy (non-hydrogen) atoms. The molecule has 2 unspecified atom stereocenters. The maximum absolute atomic E-state index is 9.65. The predicted molar refractivity (Wildman–Crippen MR) is 75.7 cm³/mol. The minimum Gasteiger partial charge on any atom is -0.394 e. The van der Waals surface area contributed by atoms with E-state index < -0.39 is 0 Å². The molecule has 0 saturated heterocycles. The number of nitrogens with one attached hydrogen (secondary N) is 1. The van der Waals surface area contributed by atoms with Crippen LogP contribution in [0.5, 0.6) is 0 Å². The molecular formula is C15H30N2O. The van der Waals surface area contributed by atoms with Gasteiger partial charge in [-0.05, 0) is 58.9 Å². The van der Waals surface area contributed by atoms with Gasteiger partial charge in [-0.2, -0.15) is 0 Å². The third-order valence-electron chi connectivity index (χ3n) is 4.75. The second-order valence-corrected chi connectivity index (χ2v) is 6.93. The van der Waals surface area contributed by atoms with E-state index in [2.05, 4.69) is 31.1 Å². The molecule has 0 aromatic heterocycles. The summed E-state index contributed by atoms with van der Waals surface area (Å²) in [6.07, 6.45) is 7.83. The molecule has 0 bridgehead atoms. The lowest BCUT2D eigenvalue weighted by molar-refractivity contribution is 0.107. The topological polar surface area (TPSA) is 35.5 Å². The predicted octanol–water partition coefficient (Wildman–Crippen LogP) is 2.00. The highest BCUT2D eigenvalue weighted by Gasteiger charge is 2.34. The molecule has 3 heteroatoms. The van der Waals surface area contributed by atoms with Crippen LogP contribution in [0.4, 0.5) is 0 Å². The highest BCUT2D eigenvalue weighted by Crippen LogP contribution is 2.29. The standard InChI is InChI=1S/C15H30N2O/c1-12(17(3)10-13-5-4-6-13)9-15(2,11-18)16-14-7-8-14/h12-14,16,18H,4-11H2,1-3H3. The number of hydrogen-bond donors (Lipinski definition) is 2. The van der Waals surface area contributed by atoms with Crippen LogP contribution in [-0.4, -0.2) is 47.8 Å². The number of nitrogens with zero attached hydrogens (tertiary/aromatic N) is 1. The maximum atomic E-state index is 9.65. The van der Waals surface area contributed by atoms with Crippen molar-refractivity contribution in [2.24, 2.45) is 5.92 Å². The summed E-state index contributed by atoms with van der Waals surface area (Å²) in [6, 6.07) is 1.19. The fourth-order valence-electron chi connectivity index (χ4n) is 2.96. The molecule has 2 fully saturated rings. The van der Waals surface area contributed by atoms with E-state index in [-0.39, 0.29) is 12.1 Å². The first-order valence-electron chi connectivity index (χ1n) is 7.61. The molecule has 2 atom stereocenters. The summed E-state index contributed by atoms with van der Waals surface area (Å²) in [5, 5.41) is 13.3. The number of rotatable bonds is 8. The zero-order chi connectivity index (χ0) is 13.2. The van der Waals surface area contributed by atoms with Gasteiger partial charge >= 0.3 is 0 Å². The van der Waals surface area contributed by atoms with Crippen molar-refractivity contribution < 1.29 is 5.11 Å². The average Bonchev–Trinajstić information content (AvgIpc) is 3.06. The Hall–Kier alpha value is -0.120. The molecule has 0 spiro atoms. The largest absolute Gasteiger partial charge is 0.394 e. The van der Waals surface area contributed by atoms with E-state index in [1.54, 1.807) is 0 Å². The van der Waals surface area contributed by atoms with Gasteiger partial charge in [0, 0.05) is 24.2 Å². The van der Waals surface area contributed by atoms with Gasteiger partial charge in [-0.25, -0.2) is 0 Å². The maximum Gasteiger partial charge on any atom is 0.0611 e. The van der Waals surface area contributed by atoms with Gasteiger partial charge in [-0.15, -0.1) is 0 Å². The van der Waals surface area contributed by atoms with Crippen molar-refractivity contribution in [3.05, 3.63) is 0 Å². The Bertz CT molecular complexity index is 263. The first kappa shape index (κ1) is 14.3. The van der Waals surface area contributed by atoms with Crippen molar-refractivity contribution in [1.29, 1.82) is 0 Å². The van der Waals surface area contributed by atoms with Crippen LogP contribution < -0.4 is 5.32 Å². The van der Waals surface area contributed by atoms with Gasteiger partial charge in [-0.1, -0.05) is 6.42 Å². The van der Waals surface area contributed by atoms with Gasteiger partial charge in [0.15, 0.2) is 0 Å². The molecule has 2 rings (SSSR count). The molecule has 2 aliphatic rings. The van der Waals surface area contributed by atoms with Gasteiger partial charge in [-0.3, -0.25) is 0 Å². The van der Waals surface area contributed by atoms with Crippen molar-refractivity contribution >= 4 is 0 Å². The van der Waals surface area contributed by atoms with Crippen LogP contribution in [0.3, 0.4) is 0 Å². The molecular weight excluding hydrogens is 224 g/mol. The molecule has 0 aromatic carbocycles. The van der Waals surface area contributed by atoms with E-state index >= 15 is 0 Å². The minimum absolute atomic E-state index is 0.103. The Morgan fingerprint density at radius 3 is 2.44 bits per heavy atom. The van der Waals surface area contributed by atoms with Crippen LogP contribution in [0, 0.1) is 5.92 Å². The van der Waals surface area contributed by atoms with E-state index in [0.29, 0.717) is 12.1 Å². The number of aliphatic hydroxyl groups is 1. The van der Waals surface area contributed by atoms with Gasteiger partial charge < -0.3 is 15.3 Å². The van der Waals surface area contributed by atoms with E-state index in [4.69, 9.17) is 0 Å². The van der Waals surface area contributed by atoms with Crippen LogP contribution in [-0.2, 0) is 0 Å². The van der Waals surface area contributed by atoms with Crippen molar-refractivity contribution in [3.8, 4) is 0 Å². The monoisotopic (exact) mass is 254 g/mol. The first-order valence-corrected chi connectivity index (χ1v) is 7.61. The quantitative estimate of drug-likeness (QED) is 0.695. The lowest BCUT2D eigenvalue weighted by atomic mass is 9.84. The van der Waals surface area contributed by atoms with E-state index in [9.17, 15) is 5.11 Å². The van der Waals surface area contributed by atoms with E-state index in [1.165, 1.54) is 38.6 Å². The second-order valence-electron chi connectivity index (χ2n) is 6.93. The molecule has 2 saturated carbocycles. The van der Waals surface area contributed by atoms with Crippen LogP contribution >= 0.6 is 0 Å². The summed E-state index contributed by atoms with van der Waals surface area (Å²) in [4.78, 5) is 2.48. The van der Waals surface area contributed by atoms with Crippen LogP contribution in [0.2, 0.25) is 0 Å². The first-order chi connectivity index (χ1) is 8.52. The third-order valence-corrected chi connectivity index (χ3v) is 4.75. The van der Waals surface area contributed by atoms with Gasteiger partial charge in [0.05, 0.1) is 6.61 Å². The molecule has 0 radical (unpaired) electrons. The Labute approximate surface area is 112 Å². The van der Waals surface area contributed by atoms with Crippen molar-refractivity contribution in [1.82, 2.24) is 10.2 Å². The Balaban J connectivity index is 1.77. The molecule has 106 valence electrons. The SMILES string of the molecule is CC(CC(C)(CO)NC1CC1)N(C)CC1CCC1. The zero-order valence-electron chi connectivity index (χ0n) is 12.3. The highest BCUT2D eigenvalue weighted by molar-refractivity contribution is 4.94. The molecule has 0 amide bonds. The second kappa shape index (κ2) is 5.89. The van der Waals surface area contributed by atoms with Crippen LogP contribution in [0.25, 0.3) is 0 Å². The number of aliphatic hydroxyl groups excluding tert-OH is 1. The van der Waals surface area contributed by atoms with Crippen LogP contribution in [0.15, 0.2) is 0 Å². The summed E-state index contributed by atoms with van der Waals surface area (Å²) in [7, 11) is 2.23. The summed E-state index contributed by atoms with van der Waals surface area (Å²) in [6.45, 7) is 5.93. The summed E-state index contributed by atoms with van der Waals surface area (Å²) >= 11 is 0. The molecule has 2 aliphatic carbocycles. The smallest absolute Gasteiger partial charge is 0.0611 e. The van der Waals surface area contributed by atoms with E-state index in [1.807, 2.05) is 0 Å². The molecule has 0 aliphatic heterocycles. The lowest BCUT2D eigenvalue weighted by Gasteiger charge is -2.38. The Morgan fingerprint density at radius 1 is 1.33 bits per heavy atom. The Morgan fingerprint density at radius 2 is 2.00 bits per heavy atom. The normalized spacial score (nSPS) is 25.8. The van der Waals surface area contributed by atoms with Crippen molar-refractivity contribution in [2.45, 2.75) is 70.0 Å². The molecule has 0 aromatic rings. The number of hydrogen-bond acceptors (Lipinski definition) is 3. The summed E-state index contributed by atoms with van der Waals surface area (Å²) < 4.78 is 0. The average molecular weight is 254 g/mol. The molecule has 3 nitrogen and oxygen atoms in total. The van der Waals surface area contributed by atoms with Crippen molar-refractivity contribution in [3.63, 3.8) is 0 Å². The fraction of sp³-hybridized carbons (Fsp3) is 1.00. The Kier molecular flexibility index (Phi) is 4.68.